The first-order chi connectivity index (χ1) is 20.0. The summed E-state index contributed by atoms with van der Waals surface area (Å²) in [4.78, 5) is 20.1. The van der Waals surface area contributed by atoms with Gasteiger partial charge in [-0.15, -0.1) is 0 Å². The largest absolute Gasteiger partial charge is 0.493 e. The Morgan fingerprint density at radius 3 is 2.34 bits per heavy atom. The molecule has 0 bridgehead atoms. The fraction of sp³-hybridized carbons (Fsp3) is 0.467. The van der Waals surface area contributed by atoms with Crippen molar-refractivity contribution in [2.75, 3.05) is 65.9 Å². The summed E-state index contributed by atoms with van der Waals surface area (Å²) in [7, 11) is 4.66. The molecule has 0 radical (unpaired) electrons. The minimum Gasteiger partial charge on any atom is -0.493 e. The summed E-state index contributed by atoms with van der Waals surface area (Å²) >= 11 is 5.06. The van der Waals surface area contributed by atoms with Crippen molar-refractivity contribution < 1.29 is 19.0 Å². The highest BCUT2D eigenvalue weighted by molar-refractivity contribution is 9.10. The SMILES string of the molecule is COc1cc(C(=O)N2CCN(Cc3cc(NCC4CCCN4Cc4ccc(Br)cc4)sn3)CC2)cc(OC)c1OC. The summed E-state index contributed by atoms with van der Waals surface area (Å²) in [5.41, 5.74) is 2.95. The maximum atomic E-state index is 13.3. The van der Waals surface area contributed by atoms with Crippen LogP contribution in [0.4, 0.5) is 5.00 Å². The van der Waals surface area contributed by atoms with Crippen LogP contribution in [0, 0.1) is 0 Å². The lowest BCUT2D eigenvalue weighted by atomic mass is 10.1. The molecule has 41 heavy (non-hydrogen) atoms. The number of hydrogen-bond acceptors (Lipinski definition) is 9. The Balaban J connectivity index is 1.09. The van der Waals surface area contributed by atoms with Crippen molar-refractivity contribution in [3.8, 4) is 17.2 Å². The van der Waals surface area contributed by atoms with Crippen LogP contribution < -0.4 is 19.5 Å². The molecule has 2 saturated heterocycles. The number of carbonyl (C=O) groups is 1. The van der Waals surface area contributed by atoms with E-state index in [9.17, 15) is 4.79 Å². The number of carbonyl (C=O) groups excluding carboxylic acids is 1. The lowest BCUT2D eigenvalue weighted by molar-refractivity contribution is 0.0626. The van der Waals surface area contributed by atoms with Gasteiger partial charge in [0.05, 0.1) is 27.0 Å². The zero-order valence-electron chi connectivity index (χ0n) is 23.9. The first-order valence-electron chi connectivity index (χ1n) is 14.0. The molecule has 5 rings (SSSR count). The molecule has 11 heteroatoms. The lowest BCUT2D eigenvalue weighted by Crippen LogP contribution is -2.48. The van der Waals surface area contributed by atoms with Crippen molar-refractivity contribution >= 4 is 38.4 Å². The fourth-order valence-corrected chi connectivity index (χ4v) is 6.50. The third kappa shape index (κ3) is 7.32. The number of nitrogens with one attached hydrogen (secondary N) is 1. The predicted molar refractivity (Wildman–Crippen MR) is 165 cm³/mol. The highest BCUT2D eigenvalue weighted by Gasteiger charge is 2.26. The van der Waals surface area contributed by atoms with Crippen molar-refractivity contribution in [2.45, 2.75) is 32.0 Å². The van der Waals surface area contributed by atoms with Crippen LogP contribution in [0.5, 0.6) is 17.2 Å². The van der Waals surface area contributed by atoms with Gasteiger partial charge in [-0.1, -0.05) is 28.1 Å². The van der Waals surface area contributed by atoms with Crippen LogP contribution in [0.25, 0.3) is 0 Å². The molecule has 2 aromatic carbocycles. The zero-order chi connectivity index (χ0) is 28.8. The van der Waals surface area contributed by atoms with Crippen molar-refractivity contribution in [1.82, 2.24) is 19.1 Å². The summed E-state index contributed by atoms with van der Waals surface area (Å²) in [5.74, 6) is 1.40. The number of rotatable bonds is 11. The molecule has 0 aliphatic carbocycles. The topological polar surface area (TPSA) is 79.4 Å². The molecule has 2 fully saturated rings. The second kappa shape index (κ2) is 13.9. The Morgan fingerprint density at radius 2 is 1.68 bits per heavy atom. The number of benzene rings is 2. The van der Waals surface area contributed by atoms with E-state index in [1.807, 2.05) is 4.90 Å². The molecule has 0 spiro atoms. The smallest absolute Gasteiger partial charge is 0.254 e. The van der Waals surface area contributed by atoms with Gasteiger partial charge in [-0.3, -0.25) is 14.6 Å². The van der Waals surface area contributed by atoms with Crippen LogP contribution in [0.3, 0.4) is 0 Å². The maximum Gasteiger partial charge on any atom is 0.254 e. The zero-order valence-corrected chi connectivity index (χ0v) is 26.3. The number of methoxy groups -OCH3 is 3. The molecule has 1 aromatic heterocycles. The average Bonchev–Trinajstić information content (AvgIpc) is 3.65. The molecule has 220 valence electrons. The van der Waals surface area contributed by atoms with E-state index in [4.69, 9.17) is 18.6 Å². The molecular weight excluding hydrogens is 606 g/mol. The third-order valence-corrected chi connectivity index (χ3v) is 9.14. The van der Waals surface area contributed by atoms with Crippen LogP contribution in [-0.2, 0) is 13.1 Å². The third-order valence-electron chi connectivity index (χ3n) is 7.83. The molecule has 1 N–H and O–H groups in total. The van der Waals surface area contributed by atoms with Gasteiger partial charge in [0.1, 0.15) is 5.00 Å². The standard InChI is InChI=1S/C30H38BrN5O4S/c1-38-26-15-22(16-27(39-2)29(26)40-3)30(37)35-13-11-34(12-14-35)20-24-17-28(41-33-24)32-18-25-5-4-10-36(25)19-21-6-8-23(31)9-7-21/h6-9,15-17,25,32H,4-5,10-14,18-20H2,1-3H3. The van der Waals surface area contributed by atoms with E-state index in [-0.39, 0.29) is 5.91 Å². The minimum absolute atomic E-state index is 0.0369. The molecule has 2 aliphatic heterocycles. The predicted octanol–water partition coefficient (Wildman–Crippen LogP) is 4.97. The Labute approximate surface area is 254 Å². The van der Waals surface area contributed by atoms with Gasteiger partial charge in [-0.05, 0) is 66.8 Å². The van der Waals surface area contributed by atoms with Gasteiger partial charge >= 0.3 is 0 Å². The highest BCUT2D eigenvalue weighted by Crippen LogP contribution is 2.38. The van der Waals surface area contributed by atoms with E-state index < -0.39 is 0 Å². The average molecular weight is 645 g/mol. The maximum absolute atomic E-state index is 13.3. The second-order valence-electron chi connectivity index (χ2n) is 10.4. The first-order valence-corrected chi connectivity index (χ1v) is 15.5. The van der Waals surface area contributed by atoms with E-state index in [1.54, 1.807) is 33.5 Å². The van der Waals surface area contributed by atoms with Crippen molar-refractivity contribution in [3.05, 3.63) is 63.8 Å². The Bertz CT molecular complexity index is 1290. The molecule has 9 nitrogen and oxygen atoms in total. The van der Waals surface area contributed by atoms with E-state index >= 15 is 0 Å². The summed E-state index contributed by atoms with van der Waals surface area (Å²) in [5, 5.41) is 4.76. The number of piperazine rings is 1. The van der Waals surface area contributed by atoms with E-state index in [1.165, 1.54) is 29.9 Å². The number of aromatic nitrogens is 1. The van der Waals surface area contributed by atoms with Crippen LogP contribution >= 0.6 is 27.5 Å². The Hall–Kier alpha value is -2.86. The highest BCUT2D eigenvalue weighted by atomic mass is 79.9. The summed E-state index contributed by atoms with van der Waals surface area (Å²) in [6.45, 7) is 6.74. The van der Waals surface area contributed by atoms with Gasteiger partial charge < -0.3 is 24.4 Å². The van der Waals surface area contributed by atoms with Crippen molar-refractivity contribution in [2.24, 2.45) is 0 Å². The minimum atomic E-state index is -0.0369. The summed E-state index contributed by atoms with van der Waals surface area (Å²) < 4.78 is 22.1. The van der Waals surface area contributed by atoms with Gasteiger partial charge in [-0.25, -0.2) is 0 Å². The van der Waals surface area contributed by atoms with Gasteiger partial charge in [0.2, 0.25) is 5.75 Å². The lowest BCUT2D eigenvalue weighted by Gasteiger charge is -2.34. The Morgan fingerprint density at radius 1 is 0.976 bits per heavy atom. The fourth-order valence-electron chi connectivity index (χ4n) is 5.57. The van der Waals surface area contributed by atoms with E-state index in [0.29, 0.717) is 41.9 Å². The van der Waals surface area contributed by atoms with Crippen LogP contribution in [0.2, 0.25) is 0 Å². The molecular formula is C30H38BrN5O4S. The molecule has 3 aromatic rings. The van der Waals surface area contributed by atoms with Gasteiger partial charge in [0.15, 0.2) is 11.5 Å². The number of ether oxygens (including phenoxy) is 3. The number of halogens is 1. The summed E-state index contributed by atoms with van der Waals surface area (Å²) in [6.07, 6.45) is 2.46. The molecule has 0 saturated carbocycles. The number of likely N-dealkylation sites (tertiary alicyclic amines) is 1. The molecule has 1 unspecified atom stereocenters. The van der Waals surface area contributed by atoms with E-state index in [2.05, 4.69) is 61.4 Å². The second-order valence-corrected chi connectivity index (χ2v) is 12.2. The molecule has 1 atom stereocenters. The summed E-state index contributed by atoms with van der Waals surface area (Å²) in [6, 6.07) is 14.8. The van der Waals surface area contributed by atoms with Crippen molar-refractivity contribution in [1.29, 1.82) is 0 Å². The van der Waals surface area contributed by atoms with Gasteiger partial charge in [-0.2, -0.15) is 4.37 Å². The van der Waals surface area contributed by atoms with Gasteiger partial charge in [0.25, 0.3) is 5.91 Å². The molecule has 1 amide bonds. The quantitative estimate of drug-likeness (QED) is 0.314. The van der Waals surface area contributed by atoms with Crippen LogP contribution in [-0.4, -0.2) is 91.6 Å². The van der Waals surface area contributed by atoms with Gasteiger partial charge in [0, 0.05) is 61.9 Å². The number of nitrogens with zero attached hydrogens (tertiary/aromatic N) is 4. The van der Waals surface area contributed by atoms with Crippen LogP contribution in [0.1, 0.15) is 34.5 Å². The molecule has 3 heterocycles. The van der Waals surface area contributed by atoms with E-state index in [0.717, 1.165) is 54.4 Å². The van der Waals surface area contributed by atoms with Crippen molar-refractivity contribution in [3.63, 3.8) is 0 Å². The first kappa shape index (κ1) is 29.6. The Kier molecular flexibility index (Phi) is 10.0. The number of anilines is 1. The molecule has 2 aliphatic rings. The van der Waals surface area contributed by atoms with Crippen LogP contribution in [0.15, 0.2) is 46.9 Å². The normalized spacial score (nSPS) is 18.0. The number of hydrogen-bond donors (Lipinski definition) is 1. The monoisotopic (exact) mass is 643 g/mol. The number of amides is 1.